The topological polar surface area (TPSA) is 358 Å². The Morgan fingerprint density at radius 2 is 1.00 bits per heavy atom. The minimum atomic E-state index is -1.06. The molecule has 30 nitrogen and oxygen atoms in total. The molecule has 112 heavy (non-hydrogen) atoms. The number of ether oxygens (including phenoxy) is 2. The first kappa shape index (κ1) is 79.9. The summed E-state index contributed by atoms with van der Waals surface area (Å²) in [5.41, 5.74) is 6.16. The summed E-state index contributed by atoms with van der Waals surface area (Å²) < 4.78 is 12.6. The monoisotopic (exact) mass is 1660 g/mol. The fraction of sp³-hybridized carbons (Fsp3) is 0.475. The molecule has 3 aromatic carbocycles. The van der Waals surface area contributed by atoms with Crippen LogP contribution in [0.2, 0.25) is 0 Å². The van der Waals surface area contributed by atoms with E-state index in [1.165, 1.54) is 0 Å². The van der Waals surface area contributed by atoms with Crippen LogP contribution in [0.3, 0.4) is 0 Å². The first-order valence-electron chi connectivity index (χ1n) is 38.5. The number of urea groups is 2. The lowest BCUT2D eigenvalue weighted by Gasteiger charge is -2.44. The molecule has 0 bridgehead atoms. The molecule has 12 heterocycles. The summed E-state index contributed by atoms with van der Waals surface area (Å²) in [6, 6.07) is 22.1. The number of fused-ring (bicyclic) bond motifs is 5. The lowest BCUT2D eigenvalue weighted by Crippen LogP contribution is -2.59. The van der Waals surface area contributed by atoms with E-state index in [-0.39, 0.29) is 68.8 Å². The quantitative estimate of drug-likeness (QED) is 0.0385. The molecule has 10 N–H and O–H groups in total. The Morgan fingerprint density at radius 3 is 1.50 bits per heavy atom. The van der Waals surface area contributed by atoms with Gasteiger partial charge in [0.05, 0.1) is 26.3 Å². The number of para-hydroxylation sites is 1. The highest BCUT2D eigenvalue weighted by molar-refractivity contribution is 9.11. The number of aromatic nitrogens is 5. The minimum Gasteiger partial charge on any atom is -0.506 e. The van der Waals surface area contributed by atoms with E-state index in [9.17, 15) is 43.5 Å². The smallest absolute Gasteiger partial charge is 0.413 e. The van der Waals surface area contributed by atoms with Crippen molar-refractivity contribution in [3.05, 3.63) is 159 Å². The SMILES string of the molecule is C.Cc1cc(C[C@@H](NC(=O)N2CCC3(CC2)OC(=O)Nc2ccccc23)C(=O)N[C@@H](CC2CCNCC2)C(=O)N2CCN(c3ccncc3)CC2)cc2cn[nH]c12.O=C1Nc2ncccc2C2(CCN(C(=O)N[C@H](Cc3cc(Br)c(O)c(Br)c3)C(=O)N[C@@H](CC3CCNCC3)C(=O)N3CCN(c4ccncc4)CC3)CC2)O1. The second-order valence-electron chi connectivity index (χ2n) is 30.0. The van der Waals surface area contributed by atoms with Gasteiger partial charge in [0.2, 0.25) is 23.6 Å². The van der Waals surface area contributed by atoms with Crippen LogP contribution in [0.1, 0.15) is 99.5 Å². The maximum absolute atomic E-state index is 14.5. The van der Waals surface area contributed by atoms with E-state index in [0.29, 0.717) is 130 Å². The van der Waals surface area contributed by atoms with Crippen LogP contribution in [0.5, 0.6) is 5.75 Å². The van der Waals surface area contributed by atoms with Crippen molar-refractivity contribution < 1.29 is 52.9 Å². The van der Waals surface area contributed by atoms with Gasteiger partial charge in [-0.25, -0.2) is 24.2 Å². The number of aromatic hydroxyl groups is 1. The number of H-pyrrole nitrogens is 1. The van der Waals surface area contributed by atoms with Crippen LogP contribution >= 0.6 is 31.9 Å². The average Bonchev–Trinajstić information content (AvgIpc) is 0.894. The number of hydrogen-bond acceptors (Lipinski definition) is 19. The van der Waals surface area contributed by atoms with Crippen molar-refractivity contribution in [1.29, 1.82) is 0 Å². The molecule has 6 fully saturated rings. The number of likely N-dealkylation sites (tertiary alicyclic amines) is 2. The zero-order valence-electron chi connectivity index (χ0n) is 62.1. The van der Waals surface area contributed by atoms with Crippen molar-refractivity contribution in [2.45, 2.75) is 127 Å². The van der Waals surface area contributed by atoms with Gasteiger partial charge in [0.15, 0.2) is 0 Å². The maximum Gasteiger partial charge on any atom is 0.413 e. The molecule has 8 aliphatic rings. The van der Waals surface area contributed by atoms with E-state index < -0.39 is 65.4 Å². The van der Waals surface area contributed by atoms with Crippen LogP contribution < -0.4 is 52.3 Å². The number of hydrogen-bond donors (Lipinski definition) is 10. The first-order valence-corrected chi connectivity index (χ1v) is 40.1. The second kappa shape index (κ2) is 36.1. The lowest BCUT2D eigenvalue weighted by atomic mass is 9.82. The van der Waals surface area contributed by atoms with Crippen molar-refractivity contribution in [2.75, 3.05) is 125 Å². The number of nitrogens with zero attached hydrogens (tertiary/aromatic N) is 10. The van der Waals surface area contributed by atoms with Gasteiger partial charge in [0.25, 0.3) is 0 Å². The van der Waals surface area contributed by atoms with E-state index in [2.05, 4.69) is 109 Å². The number of halogens is 2. The number of phenols is 1. The van der Waals surface area contributed by atoms with Gasteiger partial charge in [-0.3, -0.25) is 44.9 Å². The fourth-order valence-corrected chi connectivity index (χ4v) is 18.1. The van der Waals surface area contributed by atoms with E-state index in [1.54, 1.807) is 65.2 Å². The van der Waals surface area contributed by atoms with Crippen molar-refractivity contribution in [3.8, 4) is 5.75 Å². The number of amides is 10. The predicted molar refractivity (Wildman–Crippen MR) is 429 cm³/mol. The second-order valence-corrected chi connectivity index (χ2v) is 31.7. The van der Waals surface area contributed by atoms with Gasteiger partial charge in [0, 0.05) is 176 Å². The van der Waals surface area contributed by atoms with Gasteiger partial charge in [-0.2, -0.15) is 5.10 Å². The number of benzene rings is 3. The van der Waals surface area contributed by atoms with Crippen molar-refractivity contribution in [2.24, 2.45) is 11.8 Å². The summed E-state index contributed by atoms with van der Waals surface area (Å²) in [5, 5.41) is 43.0. The molecule has 10 amide bonds. The third-order valence-corrected chi connectivity index (χ3v) is 24.2. The van der Waals surface area contributed by atoms with E-state index in [1.807, 2.05) is 83.5 Å². The number of aromatic amines is 1. The largest absolute Gasteiger partial charge is 0.506 e. The summed E-state index contributed by atoms with van der Waals surface area (Å²) in [5.74, 6) is -0.114. The standard InChI is InChI=1S/C41H50N10O5.C38H45Br2N9O6.CH4/c1-27-22-29(23-30-26-44-48-36(27)30)25-34(46-39(54)51-16-10-41(11-17-51)32-4-2-3-5-33(32)47-40(55)56-41)37(52)45-35(24-28-6-12-42-13-7-28)38(53)50-20-18-49(19-21-50)31-8-14-43-15-9-31;39-28-20-25(21-29(40)32(28)50)23-30(45-36(53)49-14-7-38(8-15-49)27-2-1-9-43-33(27)46-37(54)55-38)34(51)44-31(22-24-3-10-41-11-4-24)35(52)48-18-16-47(17-19-48)26-5-12-42-13-6-26;/h2-5,8-9,14-15,22-23,26,28,34-35,42H,6-7,10-13,16-21,24-25H2,1H3,(H,44,48)(H,45,52)(H,46,54)(H,47,55);1-2,5-6,9,12-13,20-21,24,30-31,41,50H,3-4,7-8,10-11,14-19,22-23H2,(H,44,51)(H,45,53)(H,43,46,54);1H4/t34-,35+;30-,31+;/m11./s1. The Bertz CT molecular complexity index is 4480. The van der Waals surface area contributed by atoms with Crippen LogP contribution in [0.25, 0.3) is 10.9 Å². The third kappa shape index (κ3) is 18.8. The zero-order valence-corrected chi connectivity index (χ0v) is 65.2. The molecule has 6 saturated heterocycles. The van der Waals surface area contributed by atoms with Gasteiger partial charge in [-0.05, 0) is 193 Å². The number of carbonyl (C=O) groups is 8. The summed E-state index contributed by atoms with van der Waals surface area (Å²) >= 11 is 6.77. The Hall–Kier alpha value is -10.2. The average molecular weight is 1660 g/mol. The van der Waals surface area contributed by atoms with Gasteiger partial charge < -0.3 is 75.9 Å². The summed E-state index contributed by atoms with van der Waals surface area (Å²) in [7, 11) is 0. The molecule has 2 spiro atoms. The fourth-order valence-electron chi connectivity index (χ4n) is 16.8. The number of anilines is 4. The summed E-state index contributed by atoms with van der Waals surface area (Å²) in [6.45, 7) is 11.4. The van der Waals surface area contributed by atoms with Crippen molar-refractivity contribution >= 4 is 114 Å². The molecule has 0 unspecified atom stereocenters. The zero-order chi connectivity index (χ0) is 77.2. The van der Waals surface area contributed by atoms with E-state index >= 15 is 0 Å². The highest BCUT2D eigenvalue weighted by Gasteiger charge is 2.48. The molecule has 0 radical (unpaired) electrons. The highest BCUT2D eigenvalue weighted by atomic mass is 79.9. The number of nitrogens with one attached hydrogen (secondary N) is 9. The molecule has 8 aliphatic heterocycles. The Labute approximate surface area is 667 Å². The van der Waals surface area contributed by atoms with E-state index in [0.717, 1.165) is 96.4 Å². The first-order chi connectivity index (χ1) is 53.8. The van der Waals surface area contributed by atoms with Crippen LogP contribution in [-0.2, 0) is 52.7 Å². The molecular formula is C80H99Br2N19O11. The molecule has 7 aromatic rings. The molecular weight excluding hydrogens is 1560 g/mol. The summed E-state index contributed by atoms with van der Waals surface area (Å²) in [4.78, 5) is 135. The summed E-state index contributed by atoms with van der Waals surface area (Å²) in [6.07, 6.45) is 15.8. The van der Waals surface area contributed by atoms with Crippen molar-refractivity contribution in [1.82, 2.24) is 76.6 Å². The number of piperidine rings is 4. The maximum atomic E-state index is 14.5. The minimum absolute atomic E-state index is 0. The Balaban J connectivity index is 0.000000194. The number of piperazine rings is 2. The molecule has 15 rings (SSSR count). The normalized spacial score (nSPS) is 19.3. The molecule has 32 heteroatoms. The predicted octanol–water partition coefficient (Wildman–Crippen LogP) is 8.40. The molecule has 4 atom stereocenters. The number of aryl methyl sites for hydroxylation is 1. The van der Waals surface area contributed by atoms with Gasteiger partial charge in [-0.15, -0.1) is 0 Å². The van der Waals surface area contributed by atoms with E-state index in [4.69, 9.17) is 9.47 Å². The van der Waals surface area contributed by atoms with Gasteiger partial charge in [-0.1, -0.05) is 31.7 Å². The van der Waals surface area contributed by atoms with Crippen molar-refractivity contribution in [3.63, 3.8) is 0 Å². The van der Waals surface area contributed by atoms with Gasteiger partial charge in [0.1, 0.15) is 46.9 Å². The Morgan fingerprint density at radius 1 is 0.545 bits per heavy atom. The molecule has 4 aromatic heterocycles. The number of pyridine rings is 3. The molecule has 0 aliphatic carbocycles. The number of carbonyl (C=O) groups excluding carboxylic acids is 8. The third-order valence-electron chi connectivity index (χ3n) is 23.0. The molecule has 594 valence electrons. The number of phenolic OH excluding ortho intramolecular Hbond substituents is 1. The highest BCUT2D eigenvalue weighted by Crippen LogP contribution is 2.45. The van der Waals surface area contributed by atoms with Crippen LogP contribution in [0.15, 0.2) is 131 Å². The molecule has 0 saturated carbocycles. The van der Waals surface area contributed by atoms with Crippen LogP contribution in [0.4, 0.5) is 42.1 Å². The van der Waals surface area contributed by atoms with Gasteiger partial charge >= 0.3 is 24.2 Å². The number of rotatable bonds is 18. The van der Waals surface area contributed by atoms with Crippen LogP contribution in [0, 0.1) is 18.8 Å². The van der Waals surface area contributed by atoms with Crippen LogP contribution in [-0.4, -0.2) is 227 Å². The lowest BCUT2D eigenvalue weighted by molar-refractivity contribution is -0.137. The Kier molecular flexibility index (Phi) is 25.7.